The topological polar surface area (TPSA) is 0 Å². The summed E-state index contributed by atoms with van der Waals surface area (Å²) >= 11 is 25.4. The average molecular weight is 653 g/mol. The van der Waals surface area contributed by atoms with Crippen LogP contribution in [0.4, 0.5) is 0 Å². The second-order valence-electron chi connectivity index (χ2n) is 6.68. The van der Waals surface area contributed by atoms with Crippen molar-refractivity contribution in [3.05, 3.63) is 25.4 Å². The normalized spacial score (nSPS) is 26.2. The van der Waals surface area contributed by atoms with Gasteiger partial charge in [-0.2, -0.15) is 47.0 Å². The predicted molar refractivity (Wildman–Crippen MR) is 180 cm³/mol. The van der Waals surface area contributed by atoms with Crippen LogP contribution in [0.1, 0.15) is 12.8 Å². The molecule has 4 rings (SSSR count). The van der Waals surface area contributed by atoms with Gasteiger partial charge in [-0.05, 0) is 35.9 Å². The first kappa shape index (κ1) is 28.4. The van der Waals surface area contributed by atoms with E-state index in [2.05, 4.69) is 141 Å². The van der Waals surface area contributed by atoms with Gasteiger partial charge >= 0.3 is 0 Å². The van der Waals surface area contributed by atoms with Crippen molar-refractivity contribution in [2.24, 2.45) is 0 Å². The van der Waals surface area contributed by atoms with E-state index in [1.165, 1.54) is 81.9 Å². The Morgan fingerprint density at radius 3 is 0.844 bits per heavy atom. The SMILES string of the molecule is C1CSCCSC2=C3SCCSCCCSCCSC4=C(SCCSC1)SC(=C(S2)S3)S4. The quantitative estimate of drug-likeness (QED) is 0.244. The molecule has 6 bridgehead atoms. The summed E-state index contributed by atoms with van der Waals surface area (Å²) in [4.78, 5) is 0. The zero-order valence-corrected chi connectivity index (χ0v) is 27.6. The van der Waals surface area contributed by atoms with Crippen molar-refractivity contribution in [3.8, 4) is 0 Å². The van der Waals surface area contributed by atoms with Crippen molar-refractivity contribution >= 4 is 141 Å². The van der Waals surface area contributed by atoms with Crippen LogP contribution < -0.4 is 0 Å². The Balaban J connectivity index is 1.50. The van der Waals surface area contributed by atoms with Crippen molar-refractivity contribution < 1.29 is 0 Å². The van der Waals surface area contributed by atoms with E-state index in [4.69, 9.17) is 0 Å². The summed E-state index contributed by atoms with van der Waals surface area (Å²) in [5.41, 5.74) is 0. The van der Waals surface area contributed by atoms with Crippen molar-refractivity contribution in [2.45, 2.75) is 12.8 Å². The van der Waals surface area contributed by atoms with Crippen LogP contribution in [0.5, 0.6) is 0 Å². The van der Waals surface area contributed by atoms with Crippen LogP contribution in [0.2, 0.25) is 0 Å². The molecule has 0 aromatic heterocycles. The van der Waals surface area contributed by atoms with Crippen LogP contribution >= 0.6 is 141 Å². The van der Waals surface area contributed by atoms with Crippen LogP contribution in [-0.2, 0) is 0 Å². The molecule has 0 aromatic carbocycles. The third kappa shape index (κ3) is 9.95. The van der Waals surface area contributed by atoms with Gasteiger partial charge in [0.1, 0.15) is 0 Å². The van der Waals surface area contributed by atoms with E-state index in [9.17, 15) is 0 Å². The lowest BCUT2D eigenvalue weighted by atomic mass is 10.6. The summed E-state index contributed by atoms with van der Waals surface area (Å²) < 4.78 is 9.45. The molecule has 4 aliphatic heterocycles. The summed E-state index contributed by atoms with van der Waals surface area (Å²) in [5.74, 6) is 15.4. The molecule has 0 nitrogen and oxygen atoms in total. The average Bonchev–Trinajstić information content (AvgIpc) is 3.39. The van der Waals surface area contributed by atoms with E-state index in [-0.39, 0.29) is 0 Å². The van der Waals surface area contributed by atoms with Crippen LogP contribution in [0.3, 0.4) is 0 Å². The van der Waals surface area contributed by atoms with Gasteiger partial charge in [-0.15, -0.1) is 47.0 Å². The lowest BCUT2D eigenvalue weighted by Crippen LogP contribution is -1.93. The van der Waals surface area contributed by atoms with Gasteiger partial charge in [0.25, 0.3) is 0 Å². The lowest BCUT2D eigenvalue weighted by Gasteiger charge is -2.07. The fourth-order valence-electron chi connectivity index (χ4n) is 2.77. The van der Waals surface area contributed by atoms with Gasteiger partial charge < -0.3 is 0 Å². The highest BCUT2D eigenvalue weighted by molar-refractivity contribution is 8.45. The number of fused-ring (bicyclic) bond motifs is 4. The second-order valence-corrected chi connectivity index (χ2v) is 21.6. The van der Waals surface area contributed by atoms with E-state index in [0.717, 1.165) is 0 Å². The molecule has 32 heavy (non-hydrogen) atoms. The van der Waals surface area contributed by atoms with Crippen LogP contribution in [0, 0.1) is 0 Å². The molecule has 0 atom stereocenters. The smallest absolute Gasteiger partial charge is 0.0717 e. The van der Waals surface area contributed by atoms with E-state index in [1.807, 2.05) is 0 Å². The number of hydrogen-bond donors (Lipinski definition) is 0. The predicted octanol–water partition coefficient (Wildman–Crippen LogP) is 10.00. The zero-order valence-electron chi connectivity index (χ0n) is 17.8. The molecule has 0 amide bonds. The van der Waals surface area contributed by atoms with Crippen molar-refractivity contribution in [1.82, 2.24) is 0 Å². The Labute approximate surface area is 245 Å². The summed E-state index contributed by atoms with van der Waals surface area (Å²) in [5, 5.41) is 0. The first-order valence-electron chi connectivity index (χ1n) is 10.7. The number of hydrogen-bond acceptors (Lipinski definition) is 12. The molecule has 0 unspecified atom stereocenters. The molecule has 0 aromatic rings. The lowest BCUT2D eigenvalue weighted by molar-refractivity contribution is 1.12. The minimum Gasteiger partial charge on any atom is -0.161 e. The third-order valence-corrected chi connectivity index (χ3v) is 21.1. The first-order chi connectivity index (χ1) is 15.9. The second kappa shape index (κ2) is 17.1. The molecule has 0 saturated heterocycles. The van der Waals surface area contributed by atoms with E-state index >= 15 is 0 Å². The van der Waals surface area contributed by atoms with Gasteiger partial charge in [0.2, 0.25) is 0 Å². The van der Waals surface area contributed by atoms with Gasteiger partial charge in [-0.1, -0.05) is 47.0 Å². The number of thioether (sulfide) groups is 12. The summed E-state index contributed by atoms with van der Waals surface area (Å²) in [6.07, 6.45) is 2.72. The molecule has 0 aliphatic carbocycles. The zero-order chi connectivity index (χ0) is 21.8. The molecule has 4 heterocycles. The van der Waals surface area contributed by atoms with E-state index in [0.29, 0.717) is 0 Å². The molecule has 0 saturated carbocycles. The van der Waals surface area contributed by atoms with Crippen molar-refractivity contribution in [2.75, 3.05) is 69.0 Å². The highest BCUT2D eigenvalue weighted by Crippen LogP contribution is 2.66. The molecular formula is C20H28S12. The Hall–Kier alpha value is 3.42. The van der Waals surface area contributed by atoms with E-state index < -0.39 is 0 Å². The molecule has 180 valence electrons. The van der Waals surface area contributed by atoms with Crippen molar-refractivity contribution in [1.29, 1.82) is 0 Å². The molecule has 12 heteroatoms. The van der Waals surface area contributed by atoms with Gasteiger partial charge in [0.15, 0.2) is 0 Å². The first-order valence-corrected chi connectivity index (χ1v) is 22.5. The monoisotopic (exact) mass is 652 g/mol. The Bertz CT molecular complexity index is 591. The fourth-order valence-corrected chi connectivity index (χ4v) is 19.4. The summed E-state index contributed by atoms with van der Waals surface area (Å²) in [6, 6.07) is 0. The van der Waals surface area contributed by atoms with Crippen LogP contribution in [-0.4, -0.2) is 69.0 Å². The maximum atomic E-state index is 2.15. The van der Waals surface area contributed by atoms with Gasteiger partial charge in [0.05, 0.1) is 25.4 Å². The van der Waals surface area contributed by atoms with Gasteiger partial charge in [-0.25, -0.2) is 0 Å². The Kier molecular flexibility index (Phi) is 15.2. The fraction of sp³-hybridized carbons (Fsp3) is 0.700. The molecular weight excluding hydrogens is 625 g/mol. The highest BCUT2D eigenvalue weighted by atomic mass is 32.3. The standard InChI is InChI=1S/C20H28S12/c1-3-21-7-11-25-15-17-27-13-9-23-5-2-6-24-10-14-28-18-16(26-12-8-22-4-1)30-20(32-18)19(29-15)31-17/h1-14H2. The van der Waals surface area contributed by atoms with Gasteiger partial charge in [0, 0.05) is 46.0 Å². The van der Waals surface area contributed by atoms with Crippen molar-refractivity contribution in [3.63, 3.8) is 0 Å². The van der Waals surface area contributed by atoms with Gasteiger partial charge in [-0.3, -0.25) is 0 Å². The Morgan fingerprint density at radius 2 is 0.562 bits per heavy atom. The maximum Gasteiger partial charge on any atom is 0.0717 e. The molecule has 0 fully saturated rings. The molecule has 0 radical (unpaired) electrons. The minimum atomic E-state index is 1.25. The molecule has 4 aliphatic rings. The summed E-state index contributed by atoms with van der Waals surface area (Å²) in [7, 11) is 0. The van der Waals surface area contributed by atoms with E-state index in [1.54, 1.807) is 25.4 Å². The maximum absolute atomic E-state index is 2.15. The number of rotatable bonds is 0. The highest BCUT2D eigenvalue weighted by Gasteiger charge is 2.30. The summed E-state index contributed by atoms with van der Waals surface area (Å²) in [6.45, 7) is 0. The largest absolute Gasteiger partial charge is 0.161 e. The minimum absolute atomic E-state index is 1.25. The molecule has 0 spiro atoms. The van der Waals surface area contributed by atoms with Crippen LogP contribution in [0.15, 0.2) is 25.4 Å². The van der Waals surface area contributed by atoms with Crippen LogP contribution in [0.25, 0.3) is 0 Å². The molecule has 0 N–H and O–H groups in total. The Morgan fingerprint density at radius 1 is 0.281 bits per heavy atom. The third-order valence-electron chi connectivity index (χ3n) is 4.24.